The fourth-order valence-corrected chi connectivity index (χ4v) is 1.43. The van der Waals surface area contributed by atoms with E-state index in [2.05, 4.69) is 5.10 Å². The predicted octanol–water partition coefficient (Wildman–Crippen LogP) is 2.20. The summed E-state index contributed by atoms with van der Waals surface area (Å²) in [5.41, 5.74) is 0. The van der Waals surface area contributed by atoms with Crippen molar-refractivity contribution in [2.75, 3.05) is 0 Å². The smallest absolute Gasteiger partial charge is 0.165 e. The van der Waals surface area contributed by atoms with E-state index < -0.39 is 6.10 Å². The molecule has 17 heavy (non-hydrogen) atoms. The second-order valence-electron chi connectivity index (χ2n) is 3.81. The molecule has 5 heteroatoms. The molecule has 1 atom stereocenters. The van der Waals surface area contributed by atoms with Crippen LogP contribution in [0.25, 0.3) is 0 Å². The lowest BCUT2D eigenvalue weighted by Crippen LogP contribution is -2.11. The quantitative estimate of drug-likeness (QED) is 0.885. The molecule has 0 aliphatic carbocycles. The Labute approximate surface area is 98.3 Å². The molecule has 2 rings (SSSR count). The van der Waals surface area contributed by atoms with Crippen molar-refractivity contribution in [3.8, 4) is 11.5 Å². The molecule has 2 aromatic rings. The molecule has 0 aliphatic rings. The van der Waals surface area contributed by atoms with E-state index in [1.165, 1.54) is 18.3 Å². The molecule has 0 bridgehead atoms. The van der Waals surface area contributed by atoms with Crippen molar-refractivity contribution in [3.63, 3.8) is 0 Å². The van der Waals surface area contributed by atoms with Crippen LogP contribution in [-0.4, -0.2) is 21.0 Å². The molecule has 1 heterocycles. The minimum absolute atomic E-state index is 0.348. The number of aliphatic hydroxyl groups excluding tert-OH is 1. The Morgan fingerprint density at radius 2 is 2.29 bits per heavy atom. The molecule has 1 N–H and O–H groups in total. The normalized spacial score (nSPS) is 12.4. The summed E-state index contributed by atoms with van der Waals surface area (Å²) in [5.74, 6) is 0.580. The van der Waals surface area contributed by atoms with Gasteiger partial charge in [-0.15, -0.1) is 0 Å². The Balaban J connectivity index is 2.06. The lowest BCUT2D eigenvalue weighted by molar-refractivity contribution is 0.168. The maximum Gasteiger partial charge on any atom is 0.165 e. The number of benzene rings is 1. The van der Waals surface area contributed by atoms with Crippen LogP contribution in [0.4, 0.5) is 4.39 Å². The molecule has 0 saturated carbocycles. The zero-order valence-corrected chi connectivity index (χ0v) is 9.38. The molecule has 90 valence electrons. The average Bonchev–Trinajstić information content (AvgIpc) is 2.64. The first-order chi connectivity index (χ1) is 8.13. The number of rotatable bonds is 4. The van der Waals surface area contributed by atoms with Gasteiger partial charge in [-0.05, 0) is 19.1 Å². The lowest BCUT2D eigenvalue weighted by Gasteiger charge is -2.03. The highest BCUT2D eigenvalue weighted by Crippen LogP contribution is 2.21. The topological polar surface area (TPSA) is 47.3 Å². The molecule has 0 spiro atoms. The summed E-state index contributed by atoms with van der Waals surface area (Å²) >= 11 is 0. The molecule has 0 aliphatic heterocycles. The van der Waals surface area contributed by atoms with Gasteiger partial charge in [0.25, 0.3) is 0 Å². The number of ether oxygens (including phenoxy) is 1. The van der Waals surface area contributed by atoms with E-state index >= 15 is 0 Å². The summed E-state index contributed by atoms with van der Waals surface area (Å²) in [6.45, 7) is 2.07. The van der Waals surface area contributed by atoms with Crippen LogP contribution >= 0.6 is 0 Å². The molecule has 4 nitrogen and oxygen atoms in total. The number of aromatic nitrogens is 2. The van der Waals surface area contributed by atoms with Crippen LogP contribution < -0.4 is 4.74 Å². The minimum atomic E-state index is -0.475. The summed E-state index contributed by atoms with van der Waals surface area (Å²) in [6.07, 6.45) is 2.70. The predicted molar refractivity (Wildman–Crippen MR) is 60.4 cm³/mol. The molecular formula is C12H13FN2O2. The summed E-state index contributed by atoms with van der Waals surface area (Å²) in [7, 11) is 0. The third-order valence-electron chi connectivity index (χ3n) is 2.09. The third-order valence-corrected chi connectivity index (χ3v) is 2.09. The van der Waals surface area contributed by atoms with Gasteiger partial charge in [-0.1, -0.05) is 6.07 Å². The van der Waals surface area contributed by atoms with E-state index in [4.69, 9.17) is 4.74 Å². The first-order valence-electron chi connectivity index (χ1n) is 5.27. The molecule has 1 aromatic heterocycles. The van der Waals surface area contributed by atoms with Gasteiger partial charge in [-0.25, -0.2) is 4.39 Å². The highest BCUT2D eigenvalue weighted by Gasteiger charge is 2.04. The Morgan fingerprint density at radius 1 is 1.47 bits per heavy atom. The monoisotopic (exact) mass is 236 g/mol. The molecule has 0 radical (unpaired) electrons. The van der Waals surface area contributed by atoms with Gasteiger partial charge in [-0.3, -0.25) is 4.68 Å². The molecule has 1 aromatic carbocycles. The number of aliphatic hydroxyl groups is 1. The Hall–Kier alpha value is -1.88. The van der Waals surface area contributed by atoms with Crippen molar-refractivity contribution in [3.05, 3.63) is 42.5 Å². The van der Waals surface area contributed by atoms with E-state index in [0.717, 1.165) is 0 Å². The zero-order chi connectivity index (χ0) is 12.3. The fourth-order valence-electron chi connectivity index (χ4n) is 1.43. The number of nitrogens with zero attached hydrogens (tertiary/aromatic N) is 2. The van der Waals surface area contributed by atoms with E-state index in [0.29, 0.717) is 18.0 Å². The minimum Gasteiger partial charge on any atom is -0.454 e. The van der Waals surface area contributed by atoms with E-state index in [1.807, 2.05) is 0 Å². The number of hydrogen-bond donors (Lipinski definition) is 1. The van der Waals surface area contributed by atoms with E-state index in [-0.39, 0.29) is 5.82 Å². The Bertz CT molecular complexity index is 497. The first-order valence-corrected chi connectivity index (χ1v) is 5.27. The fraction of sp³-hybridized carbons (Fsp3) is 0.250. The lowest BCUT2D eigenvalue weighted by atomic mass is 10.3. The van der Waals surface area contributed by atoms with Crippen molar-refractivity contribution >= 4 is 0 Å². The van der Waals surface area contributed by atoms with Crippen LogP contribution in [0.15, 0.2) is 36.7 Å². The van der Waals surface area contributed by atoms with Crippen molar-refractivity contribution in [2.24, 2.45) is 0 Å². The molecule has 0 amide bonds. The SMILES string of the molecule is CC(O)Cn1cc(Oc2cccc(F)c2)cn1. The van der Waals surface area contributed by atoms with Crippen LogP contribution in [0.1, 0.15) is 6.92 Å². The number of halogens is 1. The van der Waals surface area contributed by atoms with Crippen molar-refractivity contribution in [1.29, 1.82) is 0 Å². The summed E-state index contributed by atoms with van der Waals surface area (Å²) in [5, 5.41) is 13.2. The number of hydrogen-bond acceptors (Lipinski definition) is 3. The van der Waals surface area contributed by atoms with Gasteiger partial charge in [-0.2, -0.15) is 5.10 Å². The van der Waals surface area contributed by atoms with Gasteiger partial charge in [0.2, 0.25) is 0 Å². The van der Waals surface area contributed by atoms with Crippen molar-refractivity contribution in [2.45, 2.75) is 19.6 Å². The third kappa shape index (κ3) is 3.29. The van der Waals surface area contributed by atoms with Gasteiger partial charge in [0.15, 0.2) is 5.75 Å². The van der Waals surface area contributed by atoms with E-state index in [9.17, 15) is 9.50 Å². The van der Waals surface area contributed by atoms with Gasteiger partial charge < -0.3 is 9.84 Å². The van der Waals surface area contributed by atoms with Crippen molar-refractivity contribution < 1.29 is 14.2 Å². The van der Waals surface area contributed by atoms with Crippen LogP contribution in [0.2, 0.25) is 0 Å². The molecule has 1 unspecified atom stereocenters. The second kappa shape index (κ2) is 4.97. The maximum absolute atomic E-state index is 12.9. The van der Waals surface area contributed by atoms with Gasteiger partial charge in [0, 0.05) is 6.07 Å². The largest absolute Gasteiger partial charge is 0.454 e. The summed E-state index contributed by atoms with van der Waals surface area (Å²) in [4.78, 5) is 0. The van der Waals surface area contributed by atoms with Crippen LogP contribution in [-0.2, 0) is 6.54 Å². The Morgan fingerprint density at radius 3 is 3.00 bits per heavy atom. The Kier molecular flexibility index (Phi) is 3.39. The average molecular weight is 236 g/mol. The maximum atomic E-state index is 12.9. The zero-order valence-electron chi connectivity index (χ0n) is 9.38. The summed E-state index contributed by atoms with van der Waals surface area (Å²) in [6, 6.07) is 5.88. The van der Waals surface area contributed by atoms with E-state index in [1.54, 1.807) is 29.9 Å². The standard InChI is InChI=1S/C12H13FN2O2/c1-9(16)7-15-8-12(6-14-15)17-11-4-2-3-10(13)5-11/h2-6,8-9,16H,7H2,1H3. The molecule has 0 fully saturated rings. The second-order valence-corrected chi connectivity index (χ2v) is 3.81. The highest BCUT2D eigenvalue weighted by molar-refractivity contribution is 5.28. The van der Waals surface area contributed by atoms with Crippen LogP contribution in [0, 0.1) is 5.82 Å². The first kappa shape index (κ1) is 11.6. The van der Waals surface area contributed by atoms with Crippen molar-refractivity contribution in [1.82, 2.24) is 9.78 Å². The molecule has 0 saturated heterocycles. The van der Waals surface area contributed by atoms with Gasteiger partial charge in [0.05, 0.1) is 25.0 Å². The van der Waals surface area contributed by atoms with Crippen LogP contribution in [0.5, 0.6) is 11.5 Å². The summed E-state index contributed by atoms with van der Waals surface area (Å²) < 4.78 is 19.9. The van der Waals surface area contributed by atoms with Gasteiger partial charge >= 0.3 is 0 Å². The van der Waals surface area contributed by atoms with Gasteiger partial charge in [0.1, 0.15) is 11.6 Å². The highest BCUT2D eigenvalue weighted by atomic mass is 19.1. The van der Waals surface area contributed by atoms with Crippen LogP contribution in [0.3, 0.4) is 0 Å². The molecular weight excluding hydrogens is 223 g/mol.